The topological polar surface area (TPSA) is 105 Å². The van der Waals surface area contributed by atoms with Gasteiger partial charge in [-0.3, -0.25) is 0 Å². The molecule has 0 aliphatic heterocycles. The number of hydrogen-bond donors (Lipinski definition) is 4. The van der Waals surface area contributed by atoms with E-state index >= 15 is 0 Å². The van der Waals surface area contributed by atoms with Crippen molar-refractivity contribution in [3.63, 3.8) is 0 Å². The lowest BCUT2D eigenvalue weighted by molar-refractivity contribution is 1.12. The zero-order valence-corrected chi connectivity index (χ0v) is 10.9. The van der Waals surface area contributed by atoms with Crippen LogP contribution >= 0.6 is 0 Å². The fraction of sp³-hybridized carbons (Fsp3) is 0.167. The van der Waals surface area contributed by atoms with Gasteiger partial charge in [-0.05, 0) is 12.1 Å². The number of hydrazine groups is 1. The summed E-state index contributed by atoms with van der Waals surface area (Å²) in [6.45, 7) is 0. The van der Waals surface area contributed by atoms with Crippen LogP contribution in [0.1, 0.15) is 0 Å². The van der Waals surface area contributed by atoms with E-state index in [1.807, 2.05) is 43.3 Å². The molecule has 0 aliphatic carbocycles. The van der Waals surface area contributed by atoms with Crippen LogP contribution in [0.25, 0.3) is 0 Å². The van der Waals surface area contributed by atoms with Crippen LogP contribution in [0.15, 0.2) is 30.3 Å². The lowest BCUT2D eigenvalue weighted by Gasteiger charge is -2.18. The average molecular weight is 259 g/mol. The molecule has 6 N–H and O–H groups in total. The van der Waals surface area contributed by atoms with Gasteiger partial charge in [0.2, 0.25) is 5.95 Å². The van der Waals surface area contributed by atoms with Crippen LogP contribution in [0.3, 0.4) is 0 Å². The first-order chi connectivity index (χ1) is 9.10. The van der Waals surface area contributed by atoms with Gasteiger partial charge >= 0.3 is 0 Å². The van der Waals surface area contributed by atoms with Crippen LogP contribution in [0.2, 0.25) is 0 Å². The number of nitrogens with zero attached hydrogens (tertiary/aromatic N) is 3. The molecule has 0 fully saturated rings. The van der Waals surface area contributed by atoms with Crippen molar-refractivity contribution in [1.82, 2.24) is 9.97 Å². The second kappa shape index (κ2) is 5.40. The second-order valence-corrected chi connectivity index (χ2v) is 4.18. The van der Waals surface area contributed by atoms with E-state index in [0.717, 1.165) is 11.4 Å². The van der Waals surface area contributed by atoms with Crippen molar-refractivity contribution >= 4 is 29.0 Å². The molecule has 0 amide bonds. The first kappa shape index (κ1) is 12.9. The lowest BCUT2D eigenvalue weighted by Crippen LogP contribution is -2.13. The molecule has 0 atom stereocenters. The monoisotopic (exact) mass is 259 g/mol. The van der Waals surface area contributed by atoms with Crippen LogP contribution < -0.4 is 27.2 Å². The van der Waals surface area contributed by atoms with Gasteiger partial charge in [-0.1, -0.05) is 12.1 Å². The summed E-state index contributed by atoms with van der Waals surface area (Å²) in [5, 5.41) is 3.20. The summed E-state index contributed by atoms with van der Waals surface area (Å²) in [7, 11) is 3.95. The molecular weight excluding hydrogens is 242 g/mol. The summed E-state index contributed by atoms with van der Waals surface area (Å²) in [5.74, 6) is 6.51. The number of nitrogens with two attached hydrogens (primary N) is 2. The molecule has 0 unspecified atom stereocenters. The zero-order chi connectivity index (χ0) is 13.8. The summed E-state index contributed by atoms with van der Waals surface area (Å²) < 4.78 is 0. The Morgan fingerprint density at radius 3 is 2.47 bits per heavy atom. The molecule has 7 heteroatoms. The second-order valence-electron chi connectivity index (χ2n) is 4.18. The molecule has 1 heterocycles. The molecule has 2 aromatic rings. The maximum atomic E-state index is 5.62. The number of hydrogen-bond acceptors (Lipinski definition) is 7. The van der Waals surface area contributed by atoms with E-state index in [-0.39, 0.29) is 5.95 Å². The molecule has 1 aromatic heterocycles. The minimum Gasteiger partial charge on any atom is -0.376 e. The van der Waals surface area contributed by atoms with Gasteiger partial charge in [-0.25, -0.2) is 5.84 Å². The number of nitrogens with one attached hydrogen (secondary N) is 2. The average Bonchev–Trinajstić information content (AvgIpc) is 2.38. The van der Waals surface area contributed by atoms with Crippen molar-refractivity contribution < 1.29 is 0 Å². The van der Waals surface area contributed by atoms with Gasteiger partial charge in [-0.15, -0.1) is 0 Å². The first-order valence-corrected chi connectivity index (χ1v) is 5.74. The molecular formula is C12H17N7. The Hall–Kier alpha value is -2.54. The number of rotatable bonds is 4. The van der Waals surface area contributed by atoms with Gasteiger partial charge in [0.05, 0.1) is 11.4 Å². The standard InChI is InChI=1S/C12H17N7/c1-19(2)9-6-4-3-5-8(9)15-10-7-11(18-14)17-12(13)16-10/h3-7H,14H2,1-2H3,(H4,13,15,16,17,18). The van der Waals surface area contributed by atoms with Crippen LogP contribution in [0.5, 0.6) is 0 Å². The highest BCUT2D eigenvalue weighted by Crippen LogP contribution is 2.27. The van der Waals surface area contributed by atoms with Gasteiger partial charge in [0.15, 0.2) is 0 Å². The van der Waals surface area contributed by atoms with E-state index in [1.54, 1.807) is 6.07 Å². The molecule has 7 nitrogen and oxygen atoms in total. The number of aromatic nitrogens is 2. The maximum Gasteiger partial charge on any atom is 0.223 e. The molecule has 0 saturated carbocycles. The predicted octanol–water partition coefficient (Wildman–Crippen LogP) is 1.15. The Morgan fingerprint density at radius 2 is 1.79 bits per heavy atom. The van der Waals surface area contributed by atoms with E-state index in [9.17, 15) is 0 Å². The van der Waals surface area contributed by atoms with Gasteiger partial charge < -0.3 is 21.4 Å². The lowest BCUT2D eigenvalue weighted by atomic mass is 10.2. The molecule has 1 aromatic carbocycles. The maximum absolute atomic E-state index is 5.62. The summed E-state index contributed by atoms with van der Waals surface area (Å²) >= 11 is 0. The van der Waals surface area contributed by atoms with E-state index < -0.39 is 0 Å². The van der Waals surface area contributed by atoms with Gasteiger partial charge in [0.25, 0.3) is 0 Å². The van der Waals surface area contributed by atoms with E-state index in [2.05, 4.69) is 20.7 Å². The molecule has 2 rings (SSSR count). The third kappa shape index (κ3) is 3.02. The molecule has 0 radical (unpaired) electrons. The van der Waals surface area contributed by atoms with E-state index in [1.165, 1.54) is 0 Å². The zero-order valence-electron chi connectivity index (χ0n) is 10.9. The molecule has 0 spiro atoms. The highest BCUT2D eigenvalue weighted by molar-refractivity contribution is 5.74. The van der Waals surface area contributed by atoms with Crippen LogP contribution in [-0.2, 0) is 0 Å². The molecule has 0 saturated heterocycles. The normalized spacial score (nSPS) is 10.1. The highest BCUT2D eigenvalue weighted by atomic mass is 15.3. The Labute approximate surface area is 111 Å². The summed E-state index contributed by atoms with van der Waals surface area (Å²) in [6.07, 6.45) is 0. The highest BCUT2D eigenvalue weighted by Gasteiger charge is 2.06. The third-order valence-corrected chi connectivity index (χ3v) is 2.54. The quantitative estimate of drug-likeness (QED) is 0.482. The third-order valence-electron chi connectivity index (χ3n) is 2.54. The fourth-order valence-corrected chi connectivity index (χ4v) is 1.71. The smallest absolute Gasteiger partial charge is 0.223 e. The van der Waals surface area contributed by atoms with Crippen LogP contribution in [-0.4, -0.2) is 24.1 Å². The minimum absolute atomic E-state index is 0.153. The summed E-state index contributed by atoms with van der Waals surface area (Å²) in [4.78, 5) is 10.1. The Kier molecular flexibility index (Phi) is 3.67. The van der Waals surface area contributed by atoms with Crippen LogP contribution in [0.4, 0.5) is 29.0 Å². The first-order valence-electron chi connectivity index (χ1n) is 5.74. The van der Waals surface area contributed by atoms with Crippen LogP contribution in [0, 0.1) is 0 Å². The van der Waals surface area contributed by atoms with Crippen molar-refractivity contribution in [3.05, 3.63) is 30.3 Å². The Morgan fingerprint density at radius 1 is 1.11 bits per heavy atom. The predicted molar refractivity (Wildman–Crippen MR) is 78.3 cm³/mol. The number of nitrogen functional groups attached to an aromatic ring is 2. The Balaban J connectivity index is 2.33. The van der Waals surface area contributed by atoms with Crippen molar-refractivity contribution in [1.29, 1.82) is 0 Å². The van der Waals surface area contributed by atoms with E-state index in [4.69, 9.17) is 11.6 Å². The Bertz CT molecular complexity index is 568. The number of benzene rings is 1. The van der Waals surface area contributed by atoms with Crippen molar-refractivity contribution in [2.24, 2.45) is 5.84 Å². The van der Waals surface area contributed by atoms with Crippen molar-refractivity contribution in [2.45, 2.75) is 0 Å². The summed E-state index contributed by atoms with van der Waals surface area (Å²) in [6, 6.07) is 9.57. The van der Waals surface area contributed by atoms with Crippen molar-refractivity contribution in [2.75, 3.05) is 35.5 Å². The number of para-hydroxylation sites is 2. The fourth-order valence-electron chi connectivity index (χ4n) is 1.71. The summed E-state index contributed by atoms with van der Waals surface area (Å²) in [5.41, 5.74) is 10.0. The van der Waals surface area contributed by atoms with Crippen molar-refractivity contribution in [3.8, 4) is 0 Å². The molecule has 0 aliphatic rings. The molecule has 19 heavy (non-hydrogen) atoms. The van der Waals surface area contributed by atoms with Gasteiger partial charge in [-0.2, -0.15) is 9.97 Å². The van der Waals surface area contributed by atoms with E-state index in [0.29, 0.717) is 11.6 Å². The SMILES string of the molecule is CN(C)c1ccccc1Nc1cc(NN)nc(N)n1. The van der Waals surface area contributed by atoms with Gasteiger partial charge in [0, 0.05) is 20.2 Å². The van der Waals surface area contributed by atoms with Gasteiger partial charge in [0.1, 0.15) is 11.6 Å². The number of anilines is 5. The molecule has 100 valence electrons. The largest absolute Gasteiger partial charge is 0.376 e. The minimum atomic E-state index is 0.153. The molecule has 0 bridgehead atoms.